The van der Waals surface area contributed by atoms with Gasteiger partial charge in [-0.25, -0.2) is 0 Å². The standard InChI is InChI=1S/C16H27NO3/c1-3-12-20-14-8-6-13(7-9-14)16(19)15(4-2)17-10-5-11-18/h6-9,15-19H,3-5,10-12H2,1-2H3. The summed E-state index contributed by atoms with van der Waals surface area (Å²) in [6.45, 7) is 5.70. The third kappa shape index (κ3) is 5.49. The molecule has 2 atom stereocenters. The molecule has 0 bridgehead atoms. The van der Waals surface area contributed by atoms with E-state index in [0.717, 1.165) is 24.2 Å². The van der Waals surface area contributed by atoms with E-state index in [1.807, 2.05) is 31.2 Å². The van der Waals surface area contributed by atoms with Crippen LogP contribution in [0.25, 0.3) is 0 Å². The van der Waals surface area contributed by atoms with Crippen molar-refractivity contribution in [3.05, 3.63) is 29.8 Å². The van der Waals surface area contributed by atoms with Crippen LogP contribution in [0, 0.1) is 0 Å². The first-order valence-corrected chi connectivity index (χ1v) is 7.48. The van der Waals surface area contributed by atoms with Crippen molar-refractivity contribution in [3.63, 3.8) is 0 Å². The average Bonchev–Trinajstić information content (AvgIpc) is 2.49. The highest BCUT2D eigenvalue weighted by Gasteiger charge is 2.18. The van der Waals surface area contributed by atoms with Gasteiger partial charge < -0.3 is 20.3 Å². The number of aliphatic hydroxyl groups excluding tert-OH is 2. The van der Waals surface area contributed by atoms with Gasteiger partial charge in [-0.3, -0.25) is 0 Å². The highest BCUT2D eigenvalue weighted by molar-refractivity contribution is 5.29. The van der Waals surface area contributed by atoms with E-state index >= 15 is 0 Å². The quantitative estimate of drug-likeness (QED) is 0.576. The lowest BCUT2D eigenvalue weighted by atomic mass is 10.00. The lowest BCUT2D eigenvalue weighted by Crippen LogP contribution is -2.35. The van der Waals surface area contributed by atoms with Gasteiger partial charge in [0, 0.05) is 12.6 Å². The maximum atomic E-state index is 10.4. The Morgan fingerprint density at radius 3 is 2.45 bits per heavy atom. The summed E-state index contributed by atoms with van der Waals surface area (Å²) >= 11 is 0. The van der Waals surface area contributed by atoms with Crippen molar-refractivity contribution in [2.24, 2.45) is 0 Å². The highest BCUT2D eigenvalue weighted by Crippen LogP contribution is 2.22. The van der Waals surface area contributed by atoms with Gasteiger partial charge in [0.1, 0.15) is 5.75 Å². The second kappa shape index (κ2) is 9.75. The second-order valence-electron chi connectivity index (χ2n) is 4.91. The third-order valence-corrected chi connectivity index (χ3v) is 3.26. The van der Waals surface area contributed by atoms with Gasteiger partial charge in [0.2, 0.25) is 0 Å². The smallest absolute Gasteiger partial charge is 0.119 e. The fraction of sp³-hybridized carbons (Fsp3) is 0.625. The minimum Gasteiger partial charge on any atom is -0.494 e. The first-order chi connectivity index (χ1) is 9.72. The van der Waals surface area contributed by atoms with E-state index in [-0.39, 0.29) is 12.6 Å². The van der Waals surface area contributed by atoms with Crippen LogP contribution in [0.4, 0.5) is 0 Å². The van der Waals surface area contributed by atoms with Crippen LogP contribution in [0.1, 0.15) is 44.8 Å². The Morgan fingerprint density at radius 2 is 1.90 bits per heavy atom. The van der Waals surface area contributed by atoms with Gasteiger partial charge in [-0.1, -0.05) is 26.0 Å². The molecule has 4 nitrogen and oxygen atoms in total. The molecule has 1 rings (SSSR count). The van der Waals surface area contributed by atoms with E-state index in [0.29, 0.717) is 19.6 Å². The zero-order valence-electron chi connectivity index (χ0n) is 12.5. The summed E-state index contributed by atoms with van der Waals surface area (Å²) in [5, 5.41) is 22.4. The van der Waals surface area contributed by atoms with Gasteiger partial charge >= 0.3 is 0 Å². The molecule has 0 heterocycles. The Morgan fingerprint density at radius 1 is 1.20 bits per heavy atom. The maximum Gasteiger partial charge on any atom is 0.119 e. The summed E-state index contributed by atoms with van der Waals surface area (Å²) in [5.74, 6) is 0.837. The summed E-state index contributed by atoms with van der Waals surface area (Å²) in [4.78, 5) is 0. The fourth-order valence-corrected chi connectivity index (χ4v) is 2.06. The van der Waals surface area contributed by atoms with E-state index in [2.05, 4.69) is 12.2 Å². The van der Waals surface area contributed by atoms with E-state index in [4.69, 9.17) is 9.84 Å². The average molecular weight is 281 g/mol. The lowest BCUT2D eigenvalue weighted by molar-refractivity contribution is 0.124. The molecular formula is C16H27NO3. The van der Waals surface area contributed by atoms with E-state index in [1.165, 1.54) is 0 Å². The molecule has 4 heteroatoms. The fourth-order valence-electron chi connectivity index (χ4n) is 2.06. The van der Waals surface area contributed by atoms with E-state index < -0.39 is 6.10 Å². The predicted molar refractivity (Wildman–Crippen MR) is 81.0 cm³/mol. The third-order valence-electron chi connectivity index (χ3n) is 3.26. The summed E-state index contributed by atoms with van der Waals surface area (Å²) in [7, 11) is 0. The summed E-state index contributed by atoms with van der Waals surface area (Å²) in [5.41, 5.74) is 0.886. The number of benzene rings is 1. The molecule has 1 aromatic rings. The van der Waals surface area contributed by atoms with Gasteiger partial charge in [-0.15, -0.1) is 0 Å². The van der Waals surface area contributed by atoms with Crippen molar-refractivity contribution >= 4 is 0 Å². The Bertz CT molecular complexity index is 353. The first-order valence-electron chi connectivity index (χ1n) is 7.48. The maximum absolute atomic E-state index is 10.4. The Labute approximate surface area is 121 Å². The largest absolute Gasteiger partial charge is 0.494 e. The van der Waals surface area contributed by atoms with Crippen LogP contribution < -0.4 is 10.1 Å². The minimum absolute atomic E-state index is 0.00367. The number of ether oxygens (including phenoxy) is 1. The second-order valence-corrected chi connectivity index (χ2v) is 4.91. The van der Waals surface area contributed by atoms with Crippen molar-refractivity contribution in [3.8, 4) is 5.75 Å². The monoisotopic (exact) mass is 281 g/mol. The summed E-state index contributed by atoms with van der Waals surface area (Å²) in [6.07, 6.45) is 1.98. The van der Waals surface area contributed by atoms with Crippen molar-refractivity contribution in [2.45, 2.75) is 45.3 Å². The molecule has 0 spiro atoms. The van der Waals surface area contributed by atoms with Gasteiger partial charge in [0.15, 0.2) is 0 Å². The van der Waals surface area contributed by atoms with E-state index in [9.17, 15) is 5.11 Å². The number of aliphatic hydroxyl groups is 2. The molecule has 114 valence electrons. The van der Waals surface area contributed by atoms with Crippen molar-refractivity contribution in [1.29, 1.82) is 0 Å². The molecule has 0 radical (unpaired) electrons. The molecule has 0 fully saturated rings. The van der Waals surface area contributed by atoms with Crippen LogP contribution in [-0.2, 0) is 0 Å². The van der Waals surface area contributed by atoms with E-state index in [1.54, 1.807) is 0 Å². The first kappa shape index (κ1) is 17.0. The van der Waals surface area contributed by atoms with Crippen LogP contribution >= 0.6 is 0 Å². The summed E-state index contributed by atoms with van der Waals surface area (Å²) in [6, 6.07) is 7.62. The number of nitrogens with one attached hydrogen (secondary N) is 1. The molecule has 0 aliphatic rings. The van der Waals surface area contributed by atoms with Crippen molar-refractivity contribution in [2.75, 3.05) is 19.8 Å². The van der Waals surface area contributed by atoms with Gasteiger partial charge in [0.25, 0.3) is 0 Å². The normalized spacial score (nSPS) is 14.0. The van der Waals surface area contributed by atoms with Crippen LogP contribution in [-0.4, -0.2) is 36.0 Å². The lowest BCUT2D eigenvalue weighted by Gasteiger charge is -2.23. The molecule has 1 aromatic carbocycles. The van der Waals surface area contributed by atoms with Crippen LogP contribution in [0.3, 0.4) is 0 Å². The zero-order valence-corrected chi connectivity index (χ0v) is 12.5. The minimum atomic E-state index is -0.543. The number of hydrogen-bond donors (Lipinski definition) is 3. The molecule has 3 N–H and O–H groups in total. The van der Waals surface area contributed by atoms with Crippen LogP contribution in [0.2, 0.25) is 0 Å². The summed E-state index contributed by atoms with van der Waals surface area (Å²) < 4.78 is 5.53. The molecular weight excluding hydrogens is 254 g/mol. The molecule has 2 unspecified atom stereocenters. The van der Waals surface area contributed by atoms with Crippen molar-refractivity contribution in [1.82, 2.24) is 5.32 Å². The molecule has 0 amide bonds. The topological polar surface area (TPSA) is 61.7 Å². The molecule has 0 aliphatic carbocycles. The number of rotatable bonds is 10. The molecule has 0 aliphatic heterocycles. The molecule has 0 aromatic heterocycles. The SMILES string of the molecule is CCCOc1ccc(C(O)C(CC)NCCCO)cc1. The van der Waals surface area contributed by atoms with Crippen molar-refractivity contribution < 1.29 is 14.9 Å². The van der Waals surface area contributed by atoms with Crippen LogP contribution in [0.5, 0.6) is 5.75 Å². The Balaban J connectivity index is 2.57. The molecule has 0 saturated heterocycles. The zero-order chi connectivity index (χ0) is 14.8. The van der Waals surface area contributed by atoms with Gasteiger partial charge in [-0.05, 0) is 43.5 Å². The predicted octanol–water partition coefficient (Wildman–Crippen LogP) is 2.26. The Hall–Kier alpha value is -1.10. The highest BCUT2D eigenvalue weighted by atomic mass is 16.5. The molecule has 0 saturated carbocycles. The van der Waals surface area contributed by atoms with Gasteiger partial charge in [0.05, 0.1) is 12.7 Å². The Kier molecular flexibility index (Phi) is 8.26. The molecule has 20 heavy (non-hydrogen) atoms. The van der Waals surface area contributed by atoms with Crippen LogP contribution in [0.15, 0.2) is 24.3 Å². The number of hydrogen-bond acceptors (Lipinski definition) is 4. The van der Waals surface area contributed by atoms with Gasteiger partial charge in [-0.2, -0.15) is 0 Å².